The van der Waals surface area contributed by atoms with E-state index in [1.54, 1.807) is 34.0 Å². The molecule has 1 amide bonds. The number of benzene rings is 1. The molecule has 0 spiro atoms. The van der Waals surface area contributed by atoms with Crippen molar-refractivity contribution in [1.29, 1.82) is 0 Å². The maximum Gasteiger partial charge on any atom is 0.356 e. The van der Waals surface area contributed by atoms with Gasteiger partial charge in [-0.05, 0) is 36.4 Å². The number of aromatic nitrogens is 5. The van der Waals surface area contributed by atoms with Gasteiger partial charge in [-0.1, -0.05) is 0 Å². The summed E-state index contributed by atoms with van der Waals surface area (Å²) in [6.07, 6.45) is 6.58. The smallest absolute Gasteiger partial charge is 0.356 e. The number of rotatable bonds is 6. The third kappa shape index (κ3) is 5.05. The quantitative estimate of drug-likeness (QED) is 0.336. The zero-order valence-electron chi connectivity index (χ0n) is 20.6. The molecule has 0 saturated carbocycles. The molecule has 1 aliphatic heterocycles. The Balaban J connectivity index is 1.25. The molecule has 13 heteroatoms. The molecule has 0 unspecified atom stereocenters. The van der Waals surface area contributed by atoms with Gasteiger partial charge in [0.25, 0.3) is 5.91 Å². The van der Waals surface area contributed by atoms with Crippen LogP contribution in [0, 0.1) is 0 Å². The van der Waals surface area contributed by atoms with Gasteiger partial charge in [0.2, 0.25) is 5.88 Å². The molecular formula is C25H24N6O6S. The summed E-state index contributed by atoms with van der Waals surface area (Å²) in [5, 5.41) is 5.02. The third-order valence-corrected chi connectivity index (χ3v) is 7.38. The van der Waals surface area contributed by atoms with E-state index in [-0.39, 0.29) is 22.6 Å². The Morgan fingerprint density at radius 1 is 0.974 bits per heavy atom. The fourth-order valence-corrected chi connectivity index (χ4v) is 4.83. The highest BCUT2D eigenvalue weighted by molar-refractivity contribution is 7.90. The number of amides is 1. The van der Waals surface area contributed by atoms with Crippen LogP contribution in [0.25, 0.3) is 16.7 Å². The van der Waals surface area contributed by atoms with Crippen molar-refractivity contribution in [3.05, 3.63) is 66.4 Å². The predicted molar refractivity (Wildman–Crippen MR) is 135 cm³/mol. The maximum absolute atomic E-state index is 12.9. The number of hydrogen-bond donors (Lipinski definition) is 0. The zero-order chi connectivity index (χ0) is 26.9. The number of likely N-dealkylation sites (tertiary alicyclic amines) is 1. The molecule has 0 N–H and O–H groups in total. The summed E-state index contributed by atoms with van der Waals surface area (Å²) in [4.78, 5) is 39.0. The van der Waals surface area contributed by atoms with E-state index in [0.29, 0.717) is 54.1 Å². The molecular weight excluding hydrogens is 512 g/mol. The topological polar surface area (TPSA) is 146 Å². The SMILES string of the molecule is COC(=O)c1ccc(C(=O)N2CCC(Oc3ncnc4c3cnn4-c3ccc(S(C)(=O)=O)cc3)CC2)cn1. The lowest BCUT2D eigenvalue weighted by Gasteiger charge is -2.32. The Labute approximate surface area is 218 Å². The monoisotopic (exact) mass is 536 g/mol. The standard InChI is InChI=1S/C25H24N6O6S/c1-36-25(33)21-8-3-16(13-26-21)24(32)30-11-9-18(10-12-30)37-23-20-14-29-31(22(20)27-15-28-23)17-4-6-19(7-5-17)38(2,34)35/h3-8,13-15,18H,9-12H2,1-2H3. The molecule has 0 radical (unpaired) electrons. The van der Waals surface area contributed by atoms with E-state index in [4.69, 9.17) is 4.74 Å². The van der Waals surface area contributed by atoms with Crippen molar-refractivity contribution in [3.63, 3.8) is 0 Å². The van der Waals surface area contributed by atoms with Crippen LogP contribution in [0.15, 0.2) is 60.0 Å². The Morgan fingerprint density at radius 3 is 2.34 bits per heavy atom. The number of carbonyl (C=O) groups excluding carboxylic acids is 2. The molecule has 1 aromatic carbocycles. The van der Waals surface area contributed by atoms with E-state index < -0.39 is 15.8 Å². The second-order valence-corrected chi connectivity index (χ2v) is 10.8. The van der Waals surface area contributed by atoms with E-state index in [9.17, 15) is 18.0 Å². The van der Waals surface area contributed by atoms with Crippen molar-refractivity contribution >= 4 is 32.7 Å². The van der Waals surface area contributed by atoms with Crippen molar-refractivity contribution in [2.75, 3.05) is 26.5 Å². The minimum atomic E-state index is -3.31. The van der Waals surface area contributed by atoms with Gasteiger partial charge in [-0.3, -0.25) is 4.79 Å². The zero-order valence-corrected chi connectivity index (χ0v) is 21.5. The van der Waals surface area contributed by atoms with E-state index in [0.717, 1.165) is 6.26 Å². The van der Waals surface area contributed by atoms with Crippen LogP contribution >= 0.6 is 0 Å². The lowest BCUT2D eigenvalue weighted by molar-refractivity contribution is 0.0577. The first kappa shape index (κ1) is 25.3. The van der Waals surface area contributed by atoms with Crippen molar-refractivity contribution in [2.45, 2.75) is 23.8 Å². The molecule has 1 saturated heterocycles. The Morgan fingerprint density at radius 2 is 1.71 bits per heavy atom. The number of sulfone groups is 1. The summed E-state index contributed by atoms with van der Waals surface area (Å²) in [7, 11) is -2.03. The molecule has 5 rings (SSSR count). The van der Waals surface area contributed by atoms with Crippen LogP contribution in [0.3, 0.4) is 0 Å². The number of carbonyl (C=O) groups is 2. The van der Waals surface area contributed by atoms with Crippen LogP contribution in [0.1, 0.15) is 33.7 Å². The van der Waals surface area contributed by atoms with Gasteiger partial charge in [-0.25, -0.2) is 32.8 Å². The number of fused-ring (bicyclic) bond motifs is 1. The Kier molecular flexibility index (Phi) is 6.76. The molecule has 0 aliphatic carbocycles. The van der Waals surface area contributed by atoms with Crippen molar-refractivity contribution in [2.24, 2.45) is 0 Å². The van der Waals surface area contributed by atoms with Gasteiger partial charge in [0.15, 0.2) is 15.5 Å². The fraction of sp³-hybridized carbons (Fsp3) is 0.280. The van der Waals surface area contributed by atoms with E-state index >= 15 is 0 Å². The Hall–Kier alpha value is -4.39. The van der Waals surface area contributed by atoms with Crippen molar-refractivity contribution < 1.29 is 27.5 Å². The summed E-state index contributed by atoms with van der Waals surface area (Å²) in [5.41, 5.74) is 1.71. The number of hydrogen-bond acceptors (Lipinski definition) is 10. The van der Waals surface area contributed by atoms with Crippen molar-refractivity contribution in [1.82, 2.24) is 29.6 Å². The minimum absolute atomic E-state index is 0.140. The first-order valence-electron chi connectivity index (χ1n) is 11.7. The van der Waals surface area contributed by atoms with Crippen LogP contribution in [0.5, 0.6) is 5.88 Å². The molecule has 4 aromatic rings. The van der Waals surface area contributed by atoms with Gasteiger partial charge in [0.1, 0.15) is 23.5 Å². The van der Waals surface area contributed by atoms with Crippen LogP contribution < -0.4 is 4.74 Å². The number of nitrogens with zero attached hydrogens (tertiary/aromatic N) is 6. The van der Waals surface area contributed by atoms with Crippen molar-refractivity contribution in [3.8, 4) is 11.6 Å². The van der Waals surface area contributed by atoms with Crippen LogP contribution in [-0.2, 0) is 14.6 Å². The minimum Gasteiger partial charge on any atom is -0.474 e. The van der Waals surface area contributed by atoms with E-state index in [2.05, 4.69) is 24.8 Å². The van der Waals surface area contributed by atoms with Crippen LogP contribution in [-0.4, -0.2) is 82.5 Å². The Bertz CT molecular complexity index is 1590. The lowest BCUT2D eigenvalue weighted by Crippen LogP contribution is -2.41. The highest BCUT2D eigenvalue weighted by Gasteiger charge is 2.26. The molecule has 38 heavy (non-hydrogen) atoms. The molecule has 3 aromatic heterocycles. The average molecular weight is 537 g/mol. The average Bonchev–Trinajstić information content (AvgIpc) is 3.37. The molecule has 0 atom stereocenters. The fourth-order valence-electron chi connectivity index (χ4n) is 4.20. The number of pyridine rings is 1. The second-order valence-electron chi connectivity index (χ2n) is 8.77. The van der Waals surface area contributed by atoms with Gasteiger partial charge in [-0.15, -0.1) is 0 Å². The largest absolute Gasteiger partial charge is 0.474 e. The maximum atomic E-state index is 12.9. The van der Waals surface area contributed by atoms with Gasteiger partial charge in [-0.2, -0.15) is 5.10 Å². The van der Waals surface area contributed by atoms with Gasteiger partial charge >= 0.3 is 5.97 Å². The summed E-state index contributed by atoms with van der Waals surface area (Å²) >= 11 is 0. The van der Waals surface area contributed by atoms with Crippen LogP contribution in [0.2, 0.25) is 0 Å². The number of piperidine rings is 1. The summed E-state index contributed by atoms with van der Waals surface area (Å²) < 4.78 is 35.9. The highest BCUT2D eigenvalue weighted by Crippen LogP contribution is 2.27. The molecule has 12 nitrogen and oxygen atoms in total. The number of ether oxygens (including phenoxy) is 2. The van der Waals surface area contributed by atoms with Gasteiger partial charge in [0.05, 0.1) is 29.5 Å². The number of methoxy groups -OCH3 is 1. The number of esters is 1. The van der Waals surface area contributed by atoms with E-state index in [1.807, 2.05) is 0 Å². The summed E-state index contributed by atoms with van der Waals surface area (Å²) in [6.45, 7) is 0.977. The molecule has 1 aliphatic rings. The van der Waals surface area contributed by atoms with E-state index in [1.165, 1.54) is 37.8 Å². The normalized spacial score (nSPS) is 14.4. The second kappa shape index (κ2) is 10.2. The lowest BCUT2D eigenvalue weighted by atomic mass is 10.1. The predicted octanol–water partition coefficient (Wildman–Crippen LogP) is 2.08. The van der Waals surface area contributed by atoms with Crippen LogP contribution in [0.4, 0.5) is 0 Å². The first-order valence-corrected chi connectivity index (χ1v) is 13.6. The van der Waals surface area contributed by atoms with Gasteiger partial charge < -0.3 is 14.4 Å². The molecule has 196 valence electrons. The third-order valence-electron chi connectivity index (χ3n) is 6.25. The first-order chi connectivity index (χ1) is 18.2. The summed E-state index contributed by atoms with van der Waals surface area (Å²) in [6, 6.07) is 9.40. The summed E-state index contributed by atoms with van der Waals surface area (Å²) in [5.74, 6) is -0.336. The molecule has 1 fully saturated rings. The molecule has 4 heterocycles. The highest BCUT2D eigenvalue weighted by atomic mass is 32.2. The molecule has 0 bridgehead atoms. The van der Waals surface area contributed by atoms with Gasteiger partial charge in [0, 0.05) is 38.4 Å².